The van der Waals surface area contributed by atoms with Crippen molar-refractivity contribution in [1.29, 1.82) is 0 Å². The van der Waals surface area contributed by atoms with Gasteiger partial charge in [-0.2, -0.15) is 0 Å². The number of benzene rings is 2. The Morgan fingerprint density at radius 3 is 2.66 bits per heavy atom. The van der Waals surface area contributed by atoms with E-state index in [1.807, 2.05) is 48.3 Å². The standard InChI is InChI=1S/C22H22N4O2.ClH/c1-24-17-8-4-3-7-16(17)22(28)26-12-10-15-14-6-2-5-9-18(14)25(13-11-19(23)27)20(15)21(24)26;/h2-9,21H,10-13H2,1H3,(H2,23,27);1H. The van der Waals surface area contributed by atoms with E-state index in [0.29, 0.717) is 13.1 Å². The SMILES string of the molecule is CN1c2ccccc2C(=O)N2CCc3c(n(CCC(N)=O)c4ccccc34)C21.Cl. The molecule has 2 aromatic carbocycles. The maximum atomic E-state index is 13.2. The minimum Gasteiger partial charge on any atom is -0.370 e. The van der Waals surface area contributed by atoms with E-state index in [4.69, 9.17) is 5.73 Å². The van der Waals surface area contributed by atoms with Crippen molar-refractivity contribution in [2.45, 2.75) is 25.6 Å². The molecule has 0 fully saturated rings. The first-order valence-electron chi connectivity index (χ1n) is 9.59. The lowest BCUT2D eigenvalue weighted by atomic mass is 9.96. The maximum Gasteiger partial charge on any atom is 0.257 e. The predicted octanol–water partition coefficient (Wildman–Crippen LogP) is 3.09. The highest BCUT2D eigenvalue weighted by molar-refractivity contribution is 6.02. The van der Waals surface area contributed by atoms with Gasteiger partial charge < -0.3 is 20.1 Å². The molecule has 1 unspecified atom stereocenters. The number of nitrogens with two attached hydrogens (primary N) is 1. The normalized spacial score (nSPS) is 17.4. The summed E-state index contributed by atoms with van der Waals surface area (Å²) in [4.78, 5) is 28.8. The molecule has 0 bridgehead atoms. The van der Waals surface area contributed by atoms with Gasteiger partial charge in [0.15, 0.2) is 0 Å². The van der Waals surface area contributed by atoms with Gasteiger partial charge in [-0.1, -0.05) is 30.3 Å². The highest BCUT2D eigenvalue weighted by Crippen LogP contribution is 2.44. The average Bonchev–Trinajstić information content (AvgIpc) is 3.04. The van der Waals surface area contributed by atoms with Crippen molar-refractivity contribution < 1.29 is 9.59 Å². The number of primary amides is 1. The third-order valence-corrected chi connectivity index (χ3v) is 5.99. The number of nitrogens with zero attached hydrogens (tertiary/aromatic N) is 3. The molecule has 0 saturated heterocycles. The number of fused-ring (bicyclic) bond motifs is 6. The summed E-state index contributed by atoms with van der Waals surface area (Å²) in [5, 5.41) is 1.20. The lowest BCUT2D eigenvalue weighted by molar-refractivity contribution is -0.118. The van der Waals surface area contributed by atoms with Crippen molar-refractivity contribution in [3.8, 4) is 0 Å². The van der Waals surface area contributed by atoms with Crippen LogP contribution in [0.25, 0.3) is 10.9 Å². The average molecular weight is 411 g/mol. The van der Waals surface area contributed by atoms with Gasteiger partial charge in [-0.05, 0) is 30.2 Å². The molecule has 0 radical (unpaired) electrons. The molecule has 5 rings (SSSR count). The van der Waals surface area contributed by atoms with Gasteiger partial charge in [-0.25, -0.2) is 0 Å². The molecule has 7 heteroatoms. The molecule has 6 nitrogen and oxygen atoms in total. The zero-order valence-electron chi connectivity index (χ0n) is 16.2. The molecule has 150 valence electrons. The van der Waals surface area contributed by atoms with E-state index in [1.54, 1.807) is 0 Å². The monoisotopic (exact) mass is 410 g/mol. The molecule has 2 aliphatic heterocycles. The lowest BCUT2D eigenvalue weighted by Crippen LogP contribution is -2.51. The number of carbonyl (C=O) groups is 2. The van der Waals surface area contributed by atoms with Gasteiger partial charge in [0.1, 0.15) is 6.17 Å². The minimum atomic E-state index is -0.322. The van der Waals surface area contributed by atoms with Crippen molar-refractivity contribution in [2.75, 3.05) is 18.5 Å². The van der Waals surface area contributed by atoms with E-state index < -0.39 is 0 Å². The Kier molecular flexibility index (Phi) is 4.74. The van der Waals surface area contributed by atoms with E-state index >= 15 is 0 Å². The van der Waals surface area contributed by atoms with Gasteiger partial charge in [0, 0.05) is 37.5 Å². The number of anilines is 1. The number of para-hydroxylation sites is 2. The van der Waals surface area contributed by atoms with E-state index in [2.05, 4.69) is 21.6 Å². The summed E-state index contributed by atoms with van der Waals surface area (Å²) in [6, 6.07) is 16.0. The molecule has 0 spiro atoms. The van der Waals surface area contributed by atoms with Crippen LogP contribution >= 0.6 is 12.4 Å². The summed E-state index contributed by atoms with van der Waals surface area (Å²) >= 11 is 0. The molecule has 29 heavy (non-hydrogen) atoms. The Morgan fingerprint density at radius 2 is 1.86 bits per heavy atom. The van der Waals surface area contributed by atoms with E-state index in [0.717, 1.165) is 28.9 Å². The van der Waals surface area contributed by atoms with Crippen molar-refractivity contribution in [2.24, 2.45) is 5.73 Å². The van der Waals surface area contributed by atoms with Crippen LogP contribution in [0.1, 0.15) is 34.2 Å². The Bertz CT molecular complexity index is 1120. The summed E-state index contributed by atoms with van der Waals surface area (Å²) in [6.45, 7) is 1.19. The predicted molar refractivity (Wildman–Crippen MR) is 115 cm³/mol. The van der Waals surface area contributed by atoms with Crippen LogP contribution < -0.4 is 10.6 Å². The fourth-order valence-electron chi connectivity index (χ4n) is 4.77. The number of hydrogen-bond acceptors (Lipinski definition) is 3. The highest BCUT2D eigenvalue weighted by atomic mass is 35.5. The Hall–Kier alpha value is -2.99. The molecule has 3 heterocycles. The van der Waals surface area contributed by atoms with Gasteiger partial charge in [0.2, 0.25) is 5.91 Å². The number of aryl methyl sites for hydroxylation is 1. The zero-order chi connectivity index (χ0) is 19.4. The molecule has 2 amide bonds. The van der Waals surface area contributed by atoms with Crippen LogP contribution in [0, 0.1) is 0 Å². The second-order valence-corrected chi connectivity index (χ2v) is 7.50. The number of carbonyl (C=O) groups excluding carboxylic acids is 2. The second-order valence-electron chi connectivity index (χ2n) is 7.50. The fourth-order valence-corrected chi connectivity index (χ4v) is 4.77. The van der Waals surface area contributed by atoms with E-state index in [-0.39, 0.29) is 36.8 Å². The Morgan fingerprint density at radius 1 is 1.14 bits per heavy atom. The zero-order valence-corrected chi connectivity index (χ0v) is 17.0. The summed E-state index contributed by atoms with van der Waals surface area (Å²) in [5.74, 6) is -0.256. The van der Waals surface area contributed by atoms with Gasteiger partial charge in [0.05, 0.1) is 16.9 Å². The molecule has 3 aromatic rings. The number of aromatic nitrogens is 1. The summed E-state index contributed by atoms with van der Waals surface area (Å²) < 4.78 is 2.18. The third kappa shape index (κ3) is 2.78. The first kappa shape index (κ1) is 19.3. The van der Waals surface area contributed by atoms with Crippen molar-refractivity contribution >= 4 is 40.8 Å². The first-order valence-corrected chi connectivity index (χ1v) is 9.59. The van der Waals surface area contributed by atoms with E-state index in [1.165, 1.54) is 10.9 Å². The Labute approximate surface area is 175 Å². The van der Waals surface area contributed by atoms with Crippen LogP contribution in [0.5, 0.6) is 0 Å². The van der Waals surface area contributed by atoms with Crippen molar-refractivity contribution in [1.82, 2.24) is 9.47 Å². The third-order valence-electron chi connectivity index (χ3n) is 5.99. The van der Waals surface area contributed by atoms with Crippen LogP contribution in [0.4, 0.5) is 5.69 Å². The van der Waals surface area contributed by atoms with Crippen LogP contribution in [-0.4, -0.2) is 34.9 Å². The molecule has 0 aliphatic carbocycles. The van der Waals surface area contributed by atoms with Gasteiger partial charge in [-0.15, -0.1) is 12.4 Å². The minimum absolute atomic E-state index is 0. The first-order chi connectivity index (χ1) is 13.6. The fraction of sp³-hybridized carbons (Fsp3) is 0.273. The van der Waals surface area contributed by atoms with E-state index in [9.17, 15) is 9.59 Å². The van der Waals surface area contributed by atoms with Crippen LogP contribution in [-0.2, 0) is 17.8 Å². The smallest absolute Gasteiger partial charge is 0.257 e. The lowest BCUT2D eigenvalue weighted by Gasteiger charge is -2.46. The van der Waals surface area contributed by atoms with Crippen LogP contribution in [0.3, 0.4) is 0 Å². The molecule has 2 N–H and O–H groups in total. The van der Waals surface area contributed by atoms with Crippen molar-refractivity contribution in [3.05, 3.63) is 65.4 Å². The molecule has 1 atom stereocenters. The van der Waals surface area contributed by atoms with Crippen LogP contribution in [0.2, 0.25) is 0 Å². The quantitative estimate of drug-likeness (QED) is 0.721. The molecule has 0 saturated carbocycles. The molecular weight excluding hydrogens is 388 g/mol. The number of rotatable bonds is 3. The Balaban J connectivity index is 0.00000205. The highest BCUT2D eigenvalue weighted by Gasteiger charge is 2.42. The maximum absolute atomic E-state index is 13.2. The summed E-state index contributed by atoms with van der Waals surface area (Å²) in [6.07, 6.45) is 0.885. The molecule has 1 aromatic heterocycles. The number of halogens is 1. The van der Waals surface area contributed by atoms with Gasteiger partial charge in [0.25, 0.3) is 5.91 Å². The molecular formula is C22H23ClN4O2. The second kappa shape index (κ2) is 7.12. The van der Waals surface area contributed by atoms with Crippen LogP contribution in [0.15, 0.2) is 48.5 Å². The number of hydrogen-bond donors (Lipinski definition) is 1. The van der Waals surface area contributed by atoms with Crippen molar-refractivity contribution in [3.63, 3.8) is 0 Å². The molecule has 2 aliphatic rings. The van der Waals surface area contributed by atoms with Gasteiger partial charge in [-0.3, -0.25) is 9.59 Å². The summed E-state index contributed by atoms with van der Waals surface area (Å²) in [7, 11) is 2.04. The topological polar surface area (TPSA) is 71.6 Å². The largest absolute Gasteiger partial charge is 0.370 e. The number of amides is 2. The van der Waals surface area contributed by atoms with Gasteiger partial charge >= 0.3 is 0 Å². The summed E-state index contributed by atoms with van der Waals surface area (Å²) in [5.41, 5.74) is 10.6.